The molecule has 0 saturated heterocycles. The van der Waals surface area contributed by atoms with Crippen molar-refractivity contribution in [2.24, 2.45) is 0 Å². The van der Waals surface area contributed by atoms with E-state index in [1.165, 1.54) is 0 Å². The molecule has 21 heavy (non-hydrogen) atoms. The number of hydrogen-bond donors (Lipinski definition) is 1. The third kappa shape index (κ3) is 3.56. The summed E-state index contributed by atoms with van der Waals surface area (Å²) >= 11 is 0. The third-order valence-electron chi connectivity index (χ3n) is 3.35. The van der Waals surface area contributed by atoms with E-state index in [0.29, 0.717) is 13.2 Å². The van der Waals surface area contributed by atoms with Crippen LogP contribution in [0.25, 0.3) is 0 Å². The van der Waals surface area contributed by atoms with E-state index in [1.54, 1.807) is 0 Å². The Morgan fingerprint density at radius 3 is 1.62 bits per heavy atom. The largest absolute Gasteiger partial charge is 0.494 e. The maximum atomic E-state index is 5.76. The first-order valence-corrected chi connectivity index (χ1v) is 7.42. The summed E-state index contributed by atoms with van der Waals surface area (Å²) in [7, 11) is 1.95. The molecule has 0 aromatic heterocycles. The van der Waals surface area contributed by atoms with E-state index >= 15 is 0 Å². The van der Waals surface area contributed by atoms with Crippen molar-refractivity contribution in [2.75, 3.05) is 20.3 Å². The van der Waals surface area contributed by atoms with Crippen LogP contribution in [-0.2, 0) is 0 Å². The van der Waals surface area contributed by atoms with E-state index in [2.05, 4.69) is 17.4 Å². The highest BCUT2D eigenvalue weighted by atomic mass is 16.5. The molecule has 2 aromatic carbocycles. The van der Waals surface area contributed by atoms with Gasteiger partial charge in [0.2, 0.25) is 0 Å². The van der Waals surface area contributed by atoms with Gasteiger partial charge >= 0.3 is 0 Å². The number of hydrogen-bond acceptors (Lipinski definition) is 3. The summed E-state index contributed by atoms with van der Waals surface area (Å²) in [6.07, 6.45) is 0. The van der Waals surface area contributed by atoms with Crippen LogP contribution in [0.2, 0.25) is 0 Å². The Morgan fingerprint density at radius 2 is 1.24 bits per heavy atom. The quantitative estimate of drug-likeness (QED) is 0.839. The number of nitrogens with one attached hydrogen (secondary N) is 1. The van der Waals surface area contributed by atoms with Crippen molar-refractivity contribution in [3.63, 3.8) is 0 Å². The van der Waals surface area contributed by atoms with E-state index in [4.69, 9.17) is 9.47 Å². The summed E-state index contributed by atoms with van der Waals surface area (Å²) in [5, 5.41) is 3.37. The van der Waals surface area contributed by atoms with Gasteiger partial charge in [0, 0.05) is 11.1 Å². The molecule has 3 heteroatoms. The van der Waals surface area contributed by atoms with Crippen LogP contribution < -0.4 is 14.8 Å². The topological polar surface area (TPSA) is 30.5 Å². The Morgan fingerprint density at radius 1 is 0.810 bits per heavy atom. The Kier molecular flexibility index (Phi) is 5.64. The van der Waals surface area contributed by atoms with E-state index in [9.17, 15) is 0 Å². The van der Waals surface area contributed by atoms with Gasteiger partial charge in [0.1, 0.15) is 11.5 Å². The second-order valence-corrected chi connectivity index (χ2v) is 4.66. The summed E-state index contributed by atoms with van der Waals surface area (Å²) in [6.45, 7) is 5.31. The van der Waals surface area contributed by atoms with Crippen molar-refractivity contribution in [3.8, 4) is 11.5 Å². The van der Waals surface area contributed by atoms with E-state index in [-0.39, 0.29) is 6.04 Å². The smallest absolute Gasteiger partial charge is 0.124 e. The first-order chi connectivity index (χ1) is 10.3. The molecule has 0 aliphatic rings. The van der Waals surface area contributed by atoms with Crippen molar-refractivity contribution < 1.29 is 9.47 Å². The molecule has 0 radical (unpaired) electrons. The Balaban J connectivity index is 2.45. The highest BCUT2D eigenvalue weighted by Crippen LogP contribution is 2.34. The molecule has 0 bridgehead atoms. The normalized spacial score (nSPS) is 10.7. The van der Waals surface area contributed by atoms with Crippen LogP contribution in [0.4, 0.5) is 0 Å². The maximum Gasteiger partial charge on any atom is 0.124 e. The predicted octanol–water partition coefficient (Wildman–Crippen LogP) is 3.79. The molecular formula is C18H23NO2. The monoisotopic (exact) mass is 285 g/mol. The molecule has 0 aliphatic heterocycles. The summed E-state index contributed by atoms with van der Waals surface area (Å²) in [5.74, 6) is 1.82. The van der Waals surface area contributed by atoms with Gasteiger partial charge in [-0.25, -0.2) is 0 Å². The lowest BCUT2D eigenvalue weighted by Crippen LogP contribution is -2.19. The molecule has 0 fully saturated rings. The molecule has 0 heterocycles. The number of rotatable bonds is 7. The summed E-state index contributed by atoms with van der Waals surface area (Å²) in [4.78, 5) is 0. The minimum Gasteiger partial charge on any atom is -0.494 e. The van der Waals surface area contributed by atoms with Crippen LogP contribution in [0.5, 0.6) is 11.5 Å². The van der Waals surface area contributed by atoms with Gasteiger partial charge in [-0.2, -0.15) is 0 Å². The van der Waals surface area contributed by atoms with Crippen molar-refractivity contribution in [3.05, 3.63) is 59.7 Å². The highest BCUT2D eigenvalue weighted by molar-refractivity contribution is 5.46. The van der Waals surface area contributed by atoms with E-state index < -0.39 is 0 Å². The van der Waals surface area contributed by atoms with Crippen LogP contribution in [0.3, 0.4) is 0 Å². The van der Waals surface area contributed by atoms with Gasteiger partial charge in [-0.1, -0.05) is 36.4 Å². The lowest BCUT2D eigenvalue weighted by atomic mass is 9.97. The Hall–Kier alpha value is -2.00. The maximum absolute atomic E-state index is 5.76. The summed E-state index contributed by atoms with van der Waals surface area (Å²) in [6, 6.07) is 16.3. The van der Waals surface area contributed by atoms with Gasteiger partial charge in [-0.3, -0.25) is 0 Å². The minimum atomic E-state index is 0.0375. The van der Waals surface area contributed by atoms with Gasteiger partial charge in [-0.15, -0.1) is 0 Å². The molecule has 0 spiro atoms. The molecule has 0 unspecified atom stereocenters. The molecule has 0 amide bonds. The van der Waals surface area contributed by atoms with Crippen molar-refractivity contribution in [2.45, 2.75) is 19.9 Å². The van der Waals surface area contributed by atoms with E-state index in [1.807, 2.05) is 57.3 Å². The number of benzene rings is 2. The van der Waals surface area contributed by atoms with Gasteiger partial charge in [-0.05, 0) is 33.0 Å². The average molecular weight is 285 g/mol. The van der Waals surface area contributed by atoms with Crippen LogP contribution in [0.1, 0.15) is 31.0 Å². The molecular weight excluding hydrogens is 262 g/mol. The predicted molar refractivity (Wildman–Crippen MR) is 86.1 cm³/mol. The summed E-state index contributed by atoms with van der Waals surface area (Å²) in [5.41, 5.74) is 2.24. The third-order valence-corrected chi connectivity index (χ3v) is 3.35. The summed E-state index contributed by atoms with van der Waals surface area (Å²) < 4.78 is 11.5. The SMILES string of the molecule is CCOc1ccccc1C(NC)c1ccccc1OCC. The van der Waals surface area contributed by atoms with Crippen LogP contribution in [0, 0.1) is 0 Å². The van der Waals surface area contributed by atoms with E-state index in [0.717, 1.165) is 22.6 Å². The van der Waals surface area contributed by atoms with Crippen LogP contribution >= 0.6 is 0 Å². The van der Waals surface area contributed by atoms with Gasteiger partial charge in [0.15, 0.2) is 0 Å². The van der Waals surface area contributed by atoms with Gasteiger partial charge in [0.05, 0.1) is 19.3 Å². The number of para-hydroxylation sites is 2. The fourth-order valence-electron chi connectivity index (χ4n) is 2.49. The lowest BCUT2D eigenvalue weighted by molar-refractivity contribution is 0.327. The highest BCUT2D eigenvalue weighted by Gasteiger charge is 2.19. The second kappa shape index (κ2) is 7.70. The van der Waals surface area contributed by atoms with Gasteiger partial charge < -0.3 is 14.8 Å². The average Bonchev–Trinajstić information content (AvgIpc) is 2.52. The molecule has 0 saturated carbocycles. The Labute approximate surface area is 126 Å². The molecule has 2 aromatic rings. The molecule has 2 rings (SSSR count). The number of ether oxygens (including phenoxy) is 2. The van der Waals surface area contributed by atoms with Crippen molar-refractivity contribution in [1.29, 1.82) is 0 Å². The van der Waals surface area contributed by atoms with Crippen molar-refractivity contribution >= 4 is 0 Å². The molecule has 0 aliphatic carbocycles. The molecule has 3 nitrogen and oxygen atoms in total. The van der Waals surface area contributed by atoms with Crippen LogP contribution in [0.15, 0.2) is 48.5 Å². The molecule has 112 valence electrons. The second-order valence-electron chi connectivity index (χ2n) is 4.66. The zero-order chi connectivity index (χ0) is 15.1. The van der Waals surface area contributed by atoms with Crippen molar-refractivity contribution in [1.82, 2.24) is 5.32 Å². The zero-order valence-electron chi connectivity index (χ0n) is 12.9. The fraction of sp³-hybridized carbons (Fsp3) is 0.333. The Bertz CT molecular complexity index is 519. The lowest BCUT2D eigenvalue weighted by Gasteiger charge is -2.22. The zero-order valence-corrected chi connectivity index (χ0v) is 12.9. The minimum absolute atomic E-state index is 0.0375. The fourth-order valence-corrected chi connectivity index (χ4v) is 2.49. The first kappa shape index (κ1) is 15.4. The molecule has 1 N–H and O–H groups in total. The van der Waals surface area contributed by atoms with Gasteiger partial charge in [0.25, 0.3) is 0 Å². The first-order valence-electron chi connectivity index (χ1n) is 7.42. The van der Waals surface area contributed by atoms with Crippen LogP contribution in [-0.4, -0.2) is 20.3 Å². The standard InChI is InChI=1S/C18H23NO2/c1-4-20-16-12-8-6-10-14(16)18(19-3)15-11-7-9-13-17(15)21-5-2/h6-13,18-19H,4-5H2,1-3H3. The molecule has 0 atom stereocenters.